The molecule has 0 radical (unpaired) electrons. The highest BCUT2D eigenvalue weighted by molar-refractivity contribution is 6.00. The number of piperazine rings is 1. The number of nitrogens with zero attached hydrogens (tertiary/aromatic N) is 2. The Bertz CT molecular complexity index is 1080. The highest BCUT2D eigenvalue weighted by Crippen LogP contribution is 2.18. The van der Waals surface area contributed by atoms with Gasteiger partial charge in [-0.25, -0.2) is 0 Å². The number of carbonyl (C=O) groups is 2. The standard InChI is InChI=1S/C23H22N4O2/c24-21(25)17-6-8-18(9-7-17)22(28)26-11-13-27(14-12-26)23(29)20-10-5-16-3-1-2-4-19(16)15-20/h1-10,15H,11-14H2,(H3,24,25). The van der Waals surface area contributed by atoms with Crippen molar-refractivity contribution in [3.63, 3.8) is 0 Å². The van der Waals surface area contributed by atoms with Gasteiger partial charge >= 0.3 is 0 Å². The van der Waals surface area contributed by atoms with E-state index in [1.807, 2.05) is 42.5 Å². The summed E-state index contributed by atoms with van der Waals surface area (Å²) in [5.74, 6) is -0.101. The lowest BCUT2D eigenvalue weighted by Crippen LogP contribution is -2.50. The Labute approximate surface area is 169 Å². The Morgan fingerprint density at radius 3 is 1.76 bits per heavy atom. The Kier molecular flexibility index (Phi) is 4.99. The van der Waals surface area contributed by atoms with E-state index in [0.29, 0.717) is 42.9 Å². The molecule has 0 spiro atoms. The zero-order valence-electron chi connectivity index (χ0n) is 16.0. The van der Waals surface area contributed by atoms with Gasteiger partial charge in [0.1, 0.15) is 5.84 Å². The van der Waals surface area contributed by atoms with Crippen molar-refractivity contribution in [3.05, 3.63) is 83.4 Å². The van der Waals surface area contributed by atoms with Crippen molar-refractivity contribution < 1.29 is 9.59 Å². The molecule has 6 heteroatoms. The lowest BCUT2D eigenvalue weighted by molar-refractivity contribution is 0.0535. The molecule has 0 bridgehead atoms. The van der Waals surface area contributed by atoms with Crippen molar-refractivity contribution >= 4 is 28.4 Å². The van der Waals surface area contributed by atoms with E-state index in [4.69, 9.17) is 11.1 Å². The van der Waals surface area contributed by atoms with Crippen LogP contribution in [0.1, 0.15) is 26.3 Å². The molecule has 0 unspecified atom stereocenters. The summed E-state index contributed by atoms with van der Waals surface area (Å²) in [6.07, 6.45) is 0. The fraction of sp³-hybridized carbons (Fsp3) is 0.174. The monoisotopic (exact) mass is 386 g/mol. The molecule has 0 saturated carbocycles. The summed E-state index contributed by atoms with van der Waals surface area (Å²) in [6.45, 7) is 1.99. The van der Waals surface area contributed by atoms with Crippen molar-refractivity contribution in [2.45, 2.75) is 0 Å². The summed E-state index contributed by atoms with van der Waals surface area (Å²) in [7, 11) is 0. The maximum absolute atomic E-state index is 12.9. The van der Waals surface area contributed by atoms with Gasteiger partial charge in [0.2, 0.25) is 0 Å². The number of benzene rings is 3. The highest BCUT2D eigenvalue weighted by atomic mass is 16.2. The average molecular weight is 386 g/mol. The predicted molar refractivity (Wildman–Crippen MR) is 113 cm³/mol. The van der Waals surface area contributed by atoms with Gasteiger partial charge in [0, 0.05) is 42.9 Å². The van der Waals surface area contributed by atoms with Gasteiger partial charge in [0.25, 0.3) is 11.8 Å². The third-order valence-electron chi connectivity index (χ3n) is 5.29. The lowest BCUT2D eigenvalue weighted by atomic mass is 10.1. The van der Waals surface area contributed by atoms with E-state index in [2.05, 4.69) is 0 Å². The van der Waals surface area contributed by atoms with Crippen LogP contribution in [0.2, 0.25) is 0 Å². The second-order valence-corrected chi connectivity index (χ2v) is 7.14. The van der Waals surface area contributed by atoms with Crippen LogP contribution >= 0.6 is 0 Å². The first-order chi connectivity index (χ1) is 14.0. The smallest absolute Gasteiger partial charge is 0.253 e. The Morgan fingerprint density at radius 2 is 1.17 bits per heavy atom. The molecule has 3 aromatic carbocycles. The number of rotatable bonds is 3. The fourth-order valence-corrected chi connectivity index (χ4v) is 3.59. The Morgan fingerprint density at radius 1 is 0.690 bits per heavy atom. The second kappa shape index (κ2) is 7.75. The number of hydrogen-bond donors (Lipinski definition) is 2. The minimum atomic E-state index is -0.0714. The summed E-state index contributed by atoms with van der Waals surface area (Å²) in [4.78, 5) is 29.1. The molecule has 2 amide bonds. The van der Waals surface area contributed by atoms with Crippen molar-refractivity contribution in [2.24, 2.45) is 5.73 Å². The summed E-state index contributed by atoms with van der Waals surface area (Å²) in [6, 6.07) is 20.4. The molecule has 6 nitrogen and oxygen atoms in total. The van der Waals surface area contributed by atoms with Crippen LogP contribution in [0.5, 0.6) is 0 Å². The number of hydrogen-bond acceptors (Lipinski definition) is 3. The van der Waals surface area contributed by atoms with Crippen molar-refractivity contribution in [1.82, 2.24) is 9.80 Å². The number of fused-ring (bicyclic) bond motifs is 1. The quantitative estimate of drug-likeness (QED) is 0.536. The van der Waals surface area contributed by atoms with Crippen LogP contribution in [0.3, 0.4) is 0 Å². The SMILES string of the molecule is N=C(N)c1ccc(C(=O)N2CCN(C(=O)c3ccc4ccccc4c3)CC2)cc1. The molecule has 3 N–H and O–H groups in total. The van der Waals surface area contributed by atoms with Crippen molar-refractivity contribution in [3.8, 4) is 0 Å². The first kappa shape index (κ1) is 18.7. The van der Waals surface area contributed by atoms with Gasteiger partial charge in [0.15, 0.2) is 0 Å². The zero-order valence-corrected chi connectivity index (χ0v) is 16.0. The van der Waals surface area contributed by atoms with Gasteiger partial charge in [-0.2, -0.15) is 0 Å². The van der Waals surface area contributed by atoms with Gasteiger partial charge in [-0.05, 0) is 35.0 Å². The first-order valence-corrected chi connectivity index (χ1v) is 9.55. The minimum Gasteiger partial charge on any atom is -0.384 e. The van der Waals surface area contributed by atoms with E-state index in [9.17, 15) is 9.59 Å². The molecule has 29 heavy (non-hydrogen) atoms. The number of nitrogens with two attached hydrogens (primary N) is 1. The maximum atomic E-state index is 12.9. The molecule has 1 fully saturated rings. The van der Waals surface area contributed by atoms with E-state index in [0.717, 1.165) is 10.8 Å². The molecule has 0 atom stereocenters. The van der Waals surface area contributed by atoms with Crippen molar-refractivity contribution in [2.75, 3.05) is 26.2 Å². The Hall–Kier alpha value is -3.67. The van der Waals surface area contributed by atoms with Gasteiger partial charge in [-0.15, -0.1) is 0 Å². The largest absolute Gasteiger partial charge is 0.384 e. The highest BCUT2D eigenvalue weighted by Gasteiger charge is 2.25. The summed E-state index contributed by atoms with van der Waals surface area (Å²) >= 11 is 0. The van der Waals surface area contributed by atoms with Crippen LogP contribution < -0.4 is 5.73 Å². The Balaban J connectivity index is 1.41. The van der Waals surface area contributed by atoms with Crippen LogP contribution in [0, 0.1) is 5.41 Å². The number of nitrogen functional groups attached to an aromatic ring is 1. The molecule has 1 aliphatic heterocycles. The van der Waals surface area contributed by atoms with Gasteiger partial charge in [0.05, 0.1) is 0 Å². The predicted octanol–water partition coefficient (Wildman–Crippen LogP) is 2.72. The van der Waals surface area contributed by atoms with Crippen LogP contribution in [0.15, 0.2) is 66.7 Å². The molecule has 0 aromatic heterocycles. The van der Waals surface area contributed by atoms with Gasteiger partial charge < -0.3 is 15.5 Å². The molecular formula is C23H22N4O2. The summed E-state index contributed by atoms with van der Waals surface area (Å²) in [5, 5.41) is 9.58. The first-order valence-electron chi connectivity index (χ1n) is 9.55. The summed E-state index contributed by atoms with van der Waals surface area (Å²) < 4.78 is 0. The number of nitrogens with one attached hydrogen (secondary N) is 1. The molecule has 3 aromatic rings. The third kappa shape index (κ3) is 3.82. The average Bonchev–Trinajstić information content (AvgIpc) is 2.78. The van der Waals surface area contributed by atoms with Crippen LogP contribution in [0.25, 0.3) is 10.8 Å². The third-order valence-corrected chi connectivity index (χ3v) is 5.29. The molecule has 1 heterocycles. The van der Waals surface area contributed by atoms with Crippen LogP contribution in [0.4, 0.5) is 0 Å². The van der Waals surface area contributed by atoms with E-state index in [-0.39, 0.29) is 17.6 Å². The van der Waals surface area contributed by atoms with Crippen LogP contribution in [-0.2, 0) is 0 Å². The molecule has 0 aliphatic carbocycles. The minimum absolute atomic E-state index is 0.00587. The molecule has 1 aliphatic rings. The maximum Gasteiger partial charge on any atom is 0.253 e. The van der Waals surface area contributed by atoms with Gasteiger partial charge in [-0.1, -0.05) is 42.5 Å². The number of amides is 2. The van der Waals surface area contributed by atoms with E-state index < -0.39 is 0 Å². The summed E-state index contributed by atoms with van der Waals surface area (Å²) in [5.41, 5.74) is 7.27. The molecular weight excluding hydrogens is 364 g/mol. The molecule has 4 rings (SSSR count). The van der Waals surface area contributed by atoms with E-state index in [1.165, 1.54) is 0 Å². The van der Waals surface area contributed by atoms with Crippen molar-refractivity contribution in [1.29, 1.82) is 5.41 Å². The normalized spacial score (nSPS) is 14.1. The lowest BCUT2D eigenvalue weighted by Gasteiger charge is -2.35. The second-order valence-electron chi connectivity index (χ2n) is 7.14. The van der Waals surface area contributed by atoms with Crippen LogP contribution in [-0.4, -0.2) is 53.6 Å². The van der Waals surface area contributed by atoms with Gasteiger partial charge in [-0.3, -0.25) is 15.0 Å². The number of amidine groups is 1. The topological polar surface area (TPSA) is 90.5 Å². The van der Waals surface area contributed by atoms with E-state index in [1.54, 1.807) is 34.1 Å². The molecule has 1 saturated heterocycles. The fourth-order valence-electron chi connectivity index (χ4n) is 3.59. The van der Waals surface area contributed by atoms with E-state index >= 15 is 0 Å². The zero-order chi connectivity index (χ0) is 20.4. The number of carbonyl (C=O) groups excluding carboxylic acids is 2. The molecule has 146 valence electrons.